The number of aromatic amines is 1. The Kier molecular flexibility index (Phi) is 3.18. The number of imidazole rings is 1. The third-order valence-corrected chi connectivity index (χ3v) is 2.54. The zero-order valence-electron chi connectivity index (χ0n) is 9.20. The molecule has 4 heteroatoms. The van der Waals surface area contributed by atoms with E-state index < -0.39 is 0 Å². The van der Waals surface area contributed by atoms with Crippen molar-refractivity contribution in [3.63, 3.8) is 0 Å². The maximum absolute atomic E-state index is 8.62. The summed E-state index contributed by atoms with van der Waals surface area (Å²) in [6.07, 6.45) is 2.62. The Hall–Kier alpha value is -1.86. The van der Waals surface area contributed by atoms with Crippen molar-refractivity contribution in [3.05, 3.63) is 30.1 Å². The van der Waals surface area contributed by atoms with E-state index in [0.717, 1.165) is 24.0 Å². The standard InChI is InChI=1S/C12H14N4/c1-9(7-13)14-5-4-10-2-3-11-12(6-10)16-8-15-11/h2-3,6,8-9,14H,4-5H2,1H3,(H,15,16). The summed E-state index contributed by atoms with van der Waals surface area (Å²) in [4.78, 5) is 7.25. The molecular formula is C12H14N4. The molecule has 0 saturated carbocycles. The number of aromatic nitrogens is 2. The van der Waals surface area contributed by atoms with Crippen molar-refractivity contribution < 1.29 is 0 Å². The van der Waals surface area contributed by atoms with Crippen LogP contribution >= 0.6 is 0 Å². The Morgan fingerprint density at radius 1 is 1.56 bits per heavy atom. The normalized spacial score (nSPS) is 12.5. The Labute approximate surface area is 94.3 Å². The fourth-order valence-corrected chi connectivity index (χ4v) is 1.62. The van der Waals surface area contributed by atoms with Crippen LogP contribution < -0.4 is 5.32 Å². The van der Waals surface area contributed by atoms with Gasteiger partial charge in [0.25, 0.3) is 0 Å². The monoisotopic (exact) mass is 214 g/mol. The van der Waals surface area contributed by atoms with Crippen LogP contribution in [0.2, 0.25) is 0 Å². The van der Waals surface area contributed by atoms with Crippen molar-refractivity contribution in [2.45, 2.75) is 19.4 Å². The van der Waals surface area contributed by atoms with Crippen LogP contribution in [-0.2, 0) is 6.42 Å². The minimum atomic E-state index is -0.0871. The first-order chi connectivity index (χ1) is 7.79. The van der Waals surface area contributed by atoms with Gasteiger partial charge in [-0.15, -0.1) is 0 Å². The van der Waals surface area contributed by atoms with Crippen molar-refractivity contribution in [3.8, 4) is 6.07 Å². The zero-order chi connectivity index (χ0) is 11.4. The van der Waals surface area contributed by atoms with Crippen molar-refractivity contribution in [2.75, 3.05) is 6.54 Å². The summed E-state index contributed by atoms with van der Waals surface area (Å²) in [6, 6.07) is 8.24. The van der Waals surface area contributed by atoms with Crippen LogP contribution in [0.3, 0.4) is 0 Å². The van der Waals surface area contributed by atoms with E-state index in [0.29, 0.717) is 0 Å². The van der Waals surface area contributed by atoms with Gasteiger partial charge >= 0.3 is 0 Å². The maximum Gasteiger partial charge on any atom is 0.0931 e. The van der Waals surface area contributed by atoms with Crippen LogP contribution in [0.4, 0.5) is 0 Å². The molecule has 2 rings (SSSR count). The average Bonchev–Trinajstić information content (AvgIpc) is 2.76. The SMILES string of the molecule is CC(C#N)NCCc1ccc2nc[nH]c2c1. The van der Waals surface area contributed by atoms with Gasteiger partial charge in [-0.1, -0.05) is 6.07 Å². The van der Waals surface area contributed by atoms with Crippen LogP contribution in [0, 0.1) is 11.3 Å². The van der Waals surface area contributed by atoms with Gasteiger partial charge < -0.3 is 10.3 Å². The molecule has 1 unspecified atom stereocenters. The second-order valence-electron chi connectivity index (χ2n) is 3.81. The summed E-state index contributed by atoms with van der Waals surface area (Å²) in [6.45, 7) is 2.67. The molecule has 2 aromatic rings. The third kappa shape index (κ3) is 2.38. The van der Waals surface area contributed by atoms with Crippen LogP contribution in [0.5, 0.6) is 0 Å². The van der Waals surface area contributed by atoms with E-state index in [-0.39, 0.29) is 6.04 Å². The summed E-state index contributed by atoms with van der Waals surface area (Å²) in [5, 5.41) is 11.8. The van der Waals surface area contributed by atoms with Crippen LogP contribution in [0.25, 0.3) is 11.0 Å². The molecule has 82 valence electrons. The smallest absolute Gasteiger partial charge is 0.0931 e. The fourth-order valence-electron chi connectivity index (χ4n) is 1.62. The average molecular weight is 214 g/mol. The van der Waals surface area contributed by atoms with Gasteiger partial charge in [-0.2, -0.15) is 5.26 Å². The van der Waals surface area contributed by atoms with E-state index in [9.17, 15) is 0 Å². The van der Waals surface area contributed by atoms with Gasteiger partial charge in [0.1, 0.15) is 0 Å². The second-order valence-corrected chi connectivity index (χ2v) is 3.81. The minimum Gasteiger partial charge on any atom is -0.345 e. The topological polar surface area (TPSA) is 64.5 Å². The highest BCUT2D eigenvalue weighted by molar-refractivity contribution is 5.75. The molecule has 0 aliphatic rings. The highest BCUT2D eigenvalue weighted by Gasteiger charge is 2.00. The van der Waals surface area contributed by atoms with Crippen LogP contribution in [0.1, 0.15) is 12.5 Å². The summed E-state index contributed by atoms with van der Waals surface area (Å²) in [5.41, 5.74) is 3.29. The van der Waals surface area contributed by atoms with E-state index in [1.807, 2.05) is 13.0 Å². The molecule has 0 bridgehead atoms. The Morgan fingerprint density at radius 2 is 2.44 bits per heavy atom. The minimum absolute atomic E-state index is 0.0871. The lowest BCUT2D eigenvalue weighted by atomic mass is 10.1. The van der Waals surface area contributed by atoms with Crippen molar-refractivity contribution >= 4 is 11.0 Å². The van der Waals surface area contributed by atoms with Gasteiger partial charge in [-0.25, -0.2) is 4.98 Å². The predicted molar refractivity (Wildman–Crippen MR) is 62.9 cm³/mol. The molecule has 0 fully saturated rings. The zero-order valence-corrected chi connectivity index (χ0v) is 9.20. The van der Waals surface area contributed by atoms with Gasteiger partial charge in [-0.05, 0) is 31.0 Å². The summed E-state index contributed by atoms with van der Waals surface area (Å²) >= 11 is 0. The number of rotatable bonds is 4. The summed E-state index contributed by atoms with van der Waals surface area (Å²) in [5.74, 6) is 0. The number of fused-ring (bicyclic) bond motifs is 1. The molecule has 1 aromatic heterocycles. The molecule has 1 aromatic carbocycles. The lowest BCUT2D eigenvalue weighted by Gasteiger charge is -2.05. The Bertz CT molecular complexity index is 509. The van der Waals surface area contributed by atoms with E-state index in [4.69, 9.17) is 5.26 Å². The predicted octanol–water partition coefficient (Wildman–Crippen LogP) is 1.61. The lowest BCUT2D eigenvalue weighted by Crippen LogP contribution is -2.26. The van der Waals surface area contributed by atoms with Gasteiger partial charge in [0.05, 0.1) is 29.5 Å². The highest BCUT2D eigenvalue weighted by Crippen LogP contribution is 2.11. The molecule has 1 atom stereocenters. The molecule has 4 nitrogen and oxygen atoms in total. The van der Waals surface area contributed by atoms with E-state index in [1.165, 1.54) is 5.56 Å². The number of hydrogen-bond donors (Lipinski definition) is 2. The van der Waals surface area contributed by atoms with Gasteiger partial charge in [0.2, 0.25) is 0 Å². The lowest BCUT2D eigenvalue weighted by molar-refractivity contribution is 0.641. The van der Waals surface area contributed by atoms with E-state index in [1.54, 1.807) is 6.33 Å². The van der Waals surface area contributed by atoms with Gasteiger partial charge in [0, 0.05) is 6.54 Å². The van der Waals surface area contributed by atoms with E-state index >= 15 is 0 Å². The first kappa shape index (κ1) is 10.7. The highest BCUT2D eigenvalue weighted by atomic mass is 14.9. The number of nitrogens with zero attached hydrogens (tertiary/aromatic N) is 2. The molecule has 0 saturated heterocycles. The van der Waals surface area contributed by atoms with Crippen molar-refractivity contribution in [1.82, 2.24) is 15.3 Å². The number of nitriles is 1. The molecule has 0 spiro atoms. The molecule has 0 aliphatic carbocycles. The van der Waals surface area contributed by atoms with Crippen LogP contribution in [-0.4, -0.2) is 22.6 Å². The largest absolute Gasteiger partial charge is 0.345 e. The number of benzene rings is 1. The number of H-pyrrole nitrogens is 1. The van der Waals surface area contributed by atoms with E-state index in [2.05, 4.69) is 33.5 Å². The first-order valence-corrected chi connectivity index (χ1v) is 5.34. The van der Waals surface area contributed by atoms with Crippen LogP contribution in [0.15, 0.2) is 24.5 Å². The molecule has 1 heterocycles. The fraction of sp³-hybridized carbons (Fsp3) is 0.333. The first-order valence-electron chi connectivity index (χ1n) is 5.34. The number of hydrogen-bond acceptors (Lipinski definition) is 3. The Balaban J connectivity index is 1.97. The van der Waals surface area contributed by atoms with Gasteiger partial charge in [0.15, 0.2) is 0 Å². The third-order valence-electron chi connectivity index (χ3n) is 2.54. The van der Waals surface area contributed by atoms with Crippen molar-refractivity contribution in [1.29, 1.82) is 5.26 Å². The molecule has 0 aliphatic heterocycles. The second kappa shape index (κ2) is 4.77. The maximum atomic E-state index is 8.62. The summed E-state index contributed by atoms with van der Waals surface area (Å²) < 4.78 is 0. The molecule has 2 N–H and O–H groups in total. The quantitative estimate of drug-likeness (QED) is 0.812. The molecule has 16 heavy (non-hydrogen) atoms. The number of nitrogens with one attached hydrogen (secondary N) is 2. The van der Waals surface area contributed by atoms with Crippen molar-refractivity contribution in [2.24, 2.45) is 0 Å². The molecule has 0 amide bonds. The molecule has 0 radical (unpaired) electrons. The Morgan fingerprint density at radius 3 is 3.25 bits per heavy atom. The molecular weight excluding hydrogens is 200 g/mol. The van der Waals surface area contributed by atoms with Gasteiger partial charge in [-0.3, -0.25) is 0 Å². The summed E-state index contributed by atoms with van der Waals surface area (Å²) in [7, 11) is 0.